The molecular weight excluding hydrogens is 320 g/mol. The molecule has 0 spiro atoms. The summed E-state index contributed by atoms with van der Waals surface area (Å²) in [5.74, 6) is 1.47. The van der Waals surface area contributed by atoms with E-state index in [1.807, 2.05) is 25.1 Å². The Hall–Kier alpha value is -1.62. The molecule has 2 aromatic rings. The molecule has 0 saturated carbocycles. The van der Waals surface area contributed by atoms with Crippen molar-refractivity contribution in [2.75, 3.05) is 13.7 Å². The quantitative estimate of drug-likeness (QED) is 0.756. The second kappa shape index (κ2) is 7.24. The summed E-state index contributed by atoms with van der Waals surface area (Å²) in [5, 5.41) is 0. The Bertz CT molecular complexity index is 546. The van der Waals surface area contributed by atoms with Gasteiger partial charge in [0.05, 0.1) is 13.7 Å². The van der Waals surface area contributed by atoms with Gasteiger partial charge < -0.3 is 9.47 Å². The number of hydrogen-bond acceptors (Lipinski definition) is 4. The Morgan fingerprint density at radius 1 is 1.20 bits per heavy atom. The Balaban J connectivity index is 2.05. The second-order valence-electron chi connectivity index (χ2n) is 4.23. The van der Waals surface area contributed by atoms with Gasteiger partial charge in [0, 0.05) is 23.0 Å². The zero-order valence-corrected chi connectivity index (χ0v) is 13.1. The summed E-state index contributed by atoms with van der Waals surface area (Å²) >= 11 is 3.69. The maximum absolute atomic E-state index is 5.44. The van der Waals surface area contributed by atoms with Crippen molar-refractivity contribution >= 4 is 15.9 Å². The maximum atomic E-state index is 5.44. The van der Waals surface area contributed by atoms with Gasteiger partial charge in [-0.05, 0) is 24.6 Å². The molecule has 0 aliphatic rings. The fourth-order valence-electron chi connectivity index (χ4n) is 1.84. The van der Waals surface area contributed by atoms with E-state index in [4.69, 9.17) is 9.47 Å². The number of ether oxygens (including phenoxy) is 2. The lowest BCUT2D eigenvalue weighted by Crippen LogP contribution is -2.00. The maximum Gasteiger partial charge on any atom is 0.216 e. The lowest BCUT2D eigenvalue weighted by molar-refractivity contribution is 0.340. The molecule has 0 aliphatic carbocycles. The average molecular weight is 337 g/mol. The average Bonchev–Trinajstić information content (AvgIpc) is 2.48. The summed E-state index contributed by atoms with van der Waals surface area (Å²) in [4.78, 5) is 8.45. The van der Waals surface area contributed by atoms with Crippen LogP contribution in [0.2, 0.25) is 0 Å². The van der Waals surface area contributed by atoms with E-state index in [2.05, 4.69) is 38.0 Å². The largest absolute Gasteiger partial charge is 0.494 e. The van der Waals surface area contributed by atoms with E-state index in [9.17, 15) is 0 Å². The molecule has 0 radical (unpaired) electrons. The molecule has 5 heteroatoms. The minimum absolute atomic E-state index is 0.192. The van der Waals surface area contributed by atoms with Gasteiger partial charge in [-0.2, -0.15) is 0 Å². The first kappa shape index (κ1) is 14.8. The van der Waals surface area contributed by atoms with E-state index in [-0.39, 0.29) is 4.83 Å². The third kappa shape index (κ3) is 3.93. The van der Waals surface area contributed by atoms with Crippen LogP contribution in [0.3, 0.4) is 0 Å². The van der Waals surface area contributed by atoms with Gasteiger partial charge in [-0.3, -0.25) is 0 Å². The molecule has 0 N–H and O–H groups in total. The molecule has 0 aliphatic heterocycles. The standard InChI is InChI=1S/C15H17BrN2O2/c1-3-20-13-6-4-11(5-7-13)14(16)8-12-9-15(19-2)18-10-17-12/h4-7,9-10,14H,3,8H2,1-2H3. The topological polar surface area (TPSA) is 44.2 Å². The highest BCUT2D eigenvalue weighted by molar-refractivity contribution is 9.09. The van der Waals surface area contributed by atoms with Crippen molar-refractivity contribution in [3.05, 3.63) is 47.9 Å². The van der Waals surface area contributed by atoms with E-state index in [1.54, 1.807) is 7.11 Å². The number of alkyl halides is 1. The summed E-state index contributed by atoms with van der Waals surface area (Å²) in [6, 6.07) is 9.93. The van der Waals surface area contributed by atoms with Crippen LogP contribution in [0.4, 0.5) is 0 Å². The first-order valence-corrected chi connectivity index (χ1v) is 7.36. The molecule has 106 valence electrons. The molecule has 1 heterocycles. The van der Waals surface area contributed by atoms with Crippen molar-refractivity contribution in [1.82, 2.24) is 9.97 Å². The Morgan fingerprint density at radius 2 is 1.95 bits per heavy atom. The van der Waals surface area contributed by atoms with Crippen LogP contribution in [-0.2, 0) is 6.42 Å². The first-order chi connectivity index (χ1) is 9.72. The molecule has 0 bridgehead atoms. The Kier molecular flexibility index (Phi) is 5.35. The van der Waals surface area contributed by atoms with Crippen molar-refractivity contribution in [2.24, 2.45) is 0 Å². The predicted molar refractivity (Wildman–Crippen MR) is 81.6 cm³/mol. The summed E-state index contributed by atoms with van der Waals surface area (Å²) in [5.41, 5.74) is 2.12. The molecule has 1 aromatic carbocycles. The first-order valence-electron chi connectivity index (χ1n) is 6.44. The van der Waals surface area contributed by atoms with Crippen LogP contribution in [0.1, 0.15) is 23.0 Å². The van der Waals surface area contributed by atoms with E-state index in [0.29, 0.717) is 12.5 Å². The molecule has 0 fully saturated rings. The molecular formula is C15H17BrN2O2. The number of nitrogens with zero attached hydrogens (tertiary/aromatic N) is 2. The van der Waals surface area contributed by atoms with Gasteiger partial charge in [-0.25, -0.2) is 9.97 Å². The fraction of sp³-hybridized carbons (Fsp3) is 0.333. The summed E-state index contributed by atoms with van der Waals surface area (Å²) in [6.07, 6.45) is 2.29. The molecule has 20 heavy (non-hydrogen) atoms. The minimum atomic E-state index is 0.192. The van der Waals surface area contributed by atoms with Crippen LogP contribution in [0.25, 0.3) is 0 Å². The number of methoxy groups -OCH3 is 1. The molecule has 0 saturated heterocycles. The number of halogens is 1. The van der Waals surface area contributed by atoms with Gasteiger partial charge in [-0.1, -0.05) is 28.1 Å². The van der Waals surface area contributed by atoms with Crippen molar-refractivity contribution in [2.45, 2.75) is 18.2 Å². The van der Waals surface area contributed by atoms with Crippen LogP contribution >= 0.6 is 15.9 Å². The fourth-order valence-corrected chi connectivity index (χ4v) is 2.48. The van der Waals surface area contributed by atoms with Crippen molar-refractivity contribution < 1.29 is 9.47 Å². The van der Waals surface area contributed by atoms with Crippen LogP contribution < -0.4 is 9.47 Å². The summed E-state index contributed by atoms with van der Waals surface area (Å²) in [6.45, 7) is 2.65. The molecule has 1 aromatic heterocycles. The molecule has 1 atom stereocenters. The van der Waals surface area contributed by atoms with Crippen LogP contribution in [0, 0.1) is 0 Å². The minimum Gasteiger partial charge on any atom is -0.494 e. The highest BCUT2D eigenvalue weighted by atomic mass is 79.9. The van der Waals surface area contributed by atoms with E-state index in [1.165, 1.54) is 11.9 Å². The molecule has 4 nitrogen and oxygen atoms in total. The predicted octanol–water partition coefficient (Wildman–Crippen LogP) is 3.56. The van der Waals surface area contributed by atoms with Gasteiger partial charge in [-0.15, -0.1) is 0 Å². The van der Waals surface area contributed by atoms with Gasteiger partial charge >= 0.3 is 0 Å². The van der Waals surface area contributed by atoms with Crippen LogP contribution in [0.5, 0.6) is 11.6 Å². The lowest BCUT2D eigenvalue weighted by Gasteiger charge is -2.11. The van der Waals surface area contributed by atoms with Crippen molar-refractivity contribution in [3.8, 4) is 11.6 Å². The summed E-state index contributed by atoms with van der Waals surface area (Å²) < 4.78 is 10.5. The normalized spacial score (nSPS) is 11.9. The molecule has 2 rings (SSSR count). The van der Waals surface area contributed by atoms with E-state index >= 15 is 0 Å². The third-order valence-electron chi connectivity index (χ3n) is 2.85. The van der Waals surface area contributed by atoms with Crippen molar-refractivity contribution in [1.29, 1.82) is 0 Å². The van der Waals surface area contributed by atoms with Gasteiger partial charge in [0.1, 0.15) is 12.1 Å². The highest BCUT2D eigenvalue weighted by Gasteiger charge is 2.10. The SMILES string of the molecule is CCOc1ccc(C(Br)Cc2cc(OC)ncn2)cc1. The number of hydrogen-bond donors (Lipinski definition) is 0. The molecule has 1 unspecified atom stereocenters. The summed E-state index contributed by atoms with van der Waals surface area (Å²) in [7, 11) is 1.60. The third-order valence-corrected chi connectivity index (χ3v) is 3.70. The highest BCUT2D eigenvalue weighted by Crippen LogP contribution is 2.28. The van der Waals surface area contributed by atoms with Gasteiger partial charge in [0.15, 0.2) is 0 Å². The smallest absolute Gasteiger partial charge is 0.216 e. The number of benzene rings is 1. The van der Waals surface area contributed by atoms with Crippen LogP contribution in [-0.4, -0.2) is 23.7 Å². The monoisotopic (exact) mass is 336 g/mol. The number of rotatable bonds is 6. The number of aromatic nitrogens is 2. The Morgan fingerprint density at radius 3 is 2.60 bits per heavy atom. The second-order valence-corrected chi connectivity index (χ2v) is 5.33. The molecule has 0 amide bonds. The lowest BCUT2D eigenvalue weighted by atomic mass is 10.1. The van der Waals surface area contributed by atoms with E-state index < -0.39 is 0 Å². The zero-order chi connectivity index (χ0) is 14.4. The van der Waals surface area contributed by atoms with Gasteiger partial charge in [0.25, 0.3) is 0 Å². The van der Waals surface area contributed by atoms with Gasteiger partial charge in [0.2, 0.25) is 5.88 Å². The van der Waals surface area contributed by atoms with E-state index in [0.717, 1.165) is 17.9 Å². The van der Waals surface area contributed by atoms with Crippen molar-refractivity contribution in [3.63, 3.8) is 0 Å². The Labute approximate surface area is 127 Å². The zero-order valence-electron chi connectivity index (χ0n) is 11.5. The van der Waals surface area contributed by atoms with Crippen LogP contribution in [0.15, 0.2) is 36.7 Å².